The third-order valence-corrected chi connectivity index (χ3v) is 2.49. The molecule has 5 nitrogen and oxygen atoms in total. The maximum atomic E-state index is 11.4. The molecule has 0 radical (unpaired) electrons. The first-order chi connectivity index (χ1) is 9.78. The molecule has 2 aromatic carbocycles. The molecule has 0 aliphatic heterocycles. The van der Waals surface area contributed by atoms with Crippen LogP contribution in [0.5, 0.6) is 11.5 Å². The summed E-state index contributed by atoms with van der Waals surface area (Å²) >= 11 is 0. The van der Waals surface area contributed by atoms with E-state index in [1.165, 1.54) is 0 Å². The molecular weight excluding hydrogens is 256 g/mol. The van der Waals surface area contributed by atoms with Crippen LogP contribution in [0.3, 0.4) is 0 Å². The molecule has 0 saturated carbocycles. The standard InChI is InChI=1S/C15H16N2O3/c18-11-10-16-15(19)17-12-6-8-14(9-7-12)20-13-4-2-1-3-5-13/h1-9,18H,10-11H2,(H2,16,17,19). The number of aliphatic hydroxyl groups excluding tert-OH is 1. The van der Waals surface area contributed by atoms with Crippen LogP contribution in [0, 0.1) is 0 Å². The second-order valence-corrected chi connectivity index (χ2v) is 4.04. The topological polar surface area (TPSA) is 70.6 Å². The minimum absolute atomic E-state index is 0.0860. The summed E-state index contributed by atoms with van der Waals surface area (Å²) in [5.41, 5.74) is 0.654. The van der Waals surface area contributed by atoms with Crippen LogP contribution < -0.4 is 15.4 Å². The smallest absolute Gasteiger partial charge is 0.319 e. The minimum Gasteiger partial charge on any atom is -0.457 e. The van der Waals surface area contributed by atoms with Crippen molar-refractivity contribution < 1.29 is 14.6 Å². The maximum Gasteiger partial charge on any atom is 0.319 e. The van der Waals surface area contributed by atoms with Gasteiger partial charge in [0, 0.05) is 12.2 Å². The summed E-state index contributed by atoms with van der Waals surface area (Å²) in [4.78, 5) is 11.4. The Morgan fingerprint density at radius 2 is 1.65 bits per heavy atom. The number of hydrogen-bond acceptors (Lipinski definition) is 3. The number of carbonyl (C=O) groups excluding carboxylic acids is 1. The first kappa shape index (κ1) is 13.9. The van der Waals surface area contributed by atoms with Crippen LogP contribution in [0.4, 0.5) is 10.5 Å². The molecule has 0 spiro atoms. The van der Waals surface area contributed by atoms with Crippen molar-refractivity contribution in [2.24, 2.45) is 0 Å². The van der Waals surface area contributed by atoms with E-state index in [4.69, 9.17) is 9.84 Å². The van der Waals surface area contributed by atoms with Crippen molar-refractivity contribution in [3.63, 3.8) is 0 Å². The number of ether oxygens (including phenoxy) is 1. The zero-order valence-corrected chi connectivity index (χ0v) is 10.9. The zero-order valence-electron chi connectivity index (χ0n) is 10.9. The Hall–Kier alpha value is -2.53. The van der Waals surface area contributed by atoms with E-state index in [0.717, 1.165) is 5.75 Å². The van der Waals surface area contributed by atoms with Gasteiger partial charge >= 0.3 is 6.03 Å². The van der Waals surface area contributed by atoms with Crippen molar-refractivity contribution in [3.8, 4) is 11.5 Å². The van der Waals surface area contributed by atoms with Crippen molar-refractivity contribution in [1.82, 2.24) is 5.32 Å². The Bertz CT molecular complexity index is 541. The maximum absolute atomic E-state index is 11.4. The SMILES string of the molecule is O=C(NCCO)Nc1ccc(Oc2ccccc2)cc1. The number of amides is 2. The van der Waals surface area contributed by atoms with Crippen LogP contribution in [0.2, 0.25) is 0 Å². The van der Waals surface area contributed by atoms with Gasteiger partial charge < -0.3 is 20.5 Å². The van der Waals surface area contributed by atoms with Gasteiger partial charge in [-0.2, -0.15) is 0 Å². The first-order valence-electron chi connectivity index (χ1n) is 6.26. The molecule has 0 aliphatic carbocycles. The number of para-hydroxylation sites is 1. The summed E-state index contributed by atoms with van der Waals surface area (Å²) in [5.74, 6) is 1.45. The van der Waals surface area contributed by atoms with E-state index < -0.39 is 0 Å². The summed E-state index contributed by atoms with van der Waals surface area (Å²) < 4.78 is 5.64. The normalized spacial score (nSPS) is 9.85. The highest BCUT2D eigenvalue weighted by Gasteiger charge is 2.01. The lowest BCUT2D eigenvalue weighted by Gasteiger charge is -2.08. The molecule has 2 aromatic rings. The van der Waals surface area contributed by atoms with Gasteiger partial charge in [0.05, 0.1) is 6.61 Å². The number of carbonyl (C=O) groups is 1. The van der Waals surface area contributed by atoms with E-state index in [9.17, 15) is 4.79 Å². The van der Waals surface area contributed by atoms with E-state index >= 15 is 0 Å². The molecule has 3 N–H and O–H groups in total. The van der Waals surface area contributed by atoms with Crippen LogP contribution >= 0.6 is 0 Å². The summed E-state index contributed by atoms with van der Waals surface area (Å²) in [6.07, 6.45) is 0. The predicted molar refractivity (Wildman–Crippen MR) is 77.1 cm³/mol. The van der Waals surface area contributed by atoms with E-state index in [2.05, 4.69) is 10.6 Å². The van der Waals surface area contributed by atoms with E-state index in [1.54, 1.807) is 24.3 Å². The molecule has 0 fully saturated rings. The molecule has 2 amide bonds. The van der Waals surface area contributed by atoms with Gasteiger partial charge in [0.2, 0.25) is 0 Å². The fourth-order valence-electron chi connectivity index (χ4n) is 1.58. The molecule has 104 valence electrons. The Balaban J connectivity index is 1.91. The fourth-order valence-corrected chi connectivity index (χ4v) is 1.58. The van der Waals surface area contributed by atoms with Crippen molar-refractivity contribution in [2.45, 2.75) is 0 Å². The van der Waals surface area contributed by atoms with Crippen molar-refractivity contribution >= 4 is 11.7 Å². The average Bonchev–Trinajstić information content (AvgIpc) is 2.48. The van der Waals surface area contributed by atoms with Crippen LogP contribution in [0.25, 0.3) is 0 Å². The predicted octanol–water partition coefficient (Wildman–Crippen LogP) is 2.59. The summed E-state index contributed by atoms with van der Waals surface area (Å²) in [5, 5.41) is 13.8. The molecule has 0 heterocycles. The fraction of sp³-hybridized carbons (Fsp3) is 0.133. The molecule has 0 saturated heterocycles. The highest BCUT2D eigenvalue weighted by molar-refractivity contribution is 5.89. The Morgan fingerprint density at radius 1 is 1.00 bits per heavy atom. The molecule has 5 heteroatoms. The van der Waals surface area contributed by atoms with E-state index in [1.807, 2.05) is 30.3 Å². The summed E-state index contributed by atoms with van der Waals surface area (Å²) in [7, 11) is 0. The van der Waals surface area contributed by atoms with Crippen LogP contribution in [0.1, 0.15) is 0 Å². The largest absolute Gasteiger partial charge is 0.457 e. The number of urea groups is 1. The zero-order chi connectivity index (χ0) is 14.2. The van der Waals surface area contributed by atoms with Gasteiger partial charge in [-0.25, -0.2) is 4.79 Å². The number of nitrogens with one attached hydrogen (secondary N) is 2. The monoisotopic (exact) mass is 272 g/mol. The molecule has 2 rings (SSSR count). The molecule has 0 unspecified atom stereocenters. The lowest BCUT2D eigenvalue weighted by Crippen LogP contribution is -2.30. The van der Waals surface area contributed by atoms with Crippen LogP contribution in [-0.2, 0) is 0 Å². The van der Waals surface area contributed by atoms with Gasteiger partial charge in [-0.05, 0) is 36.4 Å². The lowest BCUT2D eigenvalue weighted by atomic mass is 10.3. The Kier molecular flexibility index (Phi) is 4.97. The van der Waals surface area contributed by atoms with Gasteiger partial charge in [0.1, 0.15) is 11.5 Å². The lowest BCUT2D eigenvalue weighted by molar-refractivity contribution is 0.245. The number of rotatable bonds is 5. The van der Waals surface area contributed by atoms with Crippen molar-refractivity contribution in [3.05, 3.63) is 54.6 Å². The third-order valence-electron chi connectivity index (χ3n) is 2.49. The van der Waals surface area contributed by atoms with Crippen molar-refractivity contribution in [2.75, 3.05) is 18.5 Å². The quantitative estimate of drug-likeness (QED) is 0.783. The number of anilines is 1. The molecule has 0 bridgehead atoms. The summed E-state index contributed by atoms with van der Waals surface area (Å²) in [6.45, 7) is 0.137. The highest BCUT2D eigenvalue weighted by Crippen LogP contribution is 2.22. The average molecular weight is 272 g/mol. The summed E-state index contributed by atoms with van der Waals surface area (Å²) in [6, 6.07) is 16.1. The minimum atomic E-state index is -0.351. The Labute approximate surface area is 117 Å². The number of benzene rings is 2. The second-order valence-electron chi connectivity index (χ2n) is 4.04. The molecule has 0 atom stereocenters. The first-order valence-corrected chi connectivity index (χ1v) is 6.26. The molecular formula is C15H16N2O3. The van der Waals surface area contributed by atoms with E-state index in [-0.39, 0.29) is 19.2 Å². The Morgan fingerprint density at radius 3 is 2.30 bits per heavy atom. The van der Waals surface area contributed by atoms with Gasteiger partial charge in [0.15, 0.2) is 0 Å². The molecule has 0 aromatic heterocycles. The van der Waals surface area contributed by atoms with E-state index in [0.29, 0.717) is 11.4 Å². The molecule has 0 aliphatic rings. The van der Waals surface area contributed by atoms with Crippen molar-refractivity contribution in [1.29, 1.82) is 0 Å². The van der Waals surface area contributed by atoms with Gasteiger partial charge in [-0.15, -0.1) is 0 Å². The van der Waals surface area contributed by atoms with Gasteiger partial charge in [-0.1, -0.05) is 18.2 Å². The van der Waals surface area contributed by atoms with Gasteiger partial charge in [-0.3, -0.25) is 0 Å². The number of aliphatic hydroxyl groups is 1. The number of hydrogen-bond donors (Lipinski definition) is 3. The van der Waals surface area contributed by atoms with Crippen LogP contribution in [0.15, 0.2) is 54.6 Å². The van der Waals surface area contributed by atoms with Gasteiger partial charge in [0.25, 0.3) is 0 Å². The molecule has 20 heavy (non-hydrogen) atoms. The van der Waals surface area contributed by atoms with Crippen LogP contribution in [-0.4, -0.2) is 24.3 Å². The highest BCUT2D eigenvalue weighted by atomic mass is 16.5. The second kappa shape index (κ2) is 7.16. The third kappa shape index (κ3) is 4.29.